The Bertz CT molecular complexity index is 579. The van der Waals surface area contributed by atoms with E-state index in [-0.39, 0.29) is 41.3 Å². The second-order valence-electron chi connectivity index (χ2n) is 3.37. The number of halogens is 2. The molecule has 0 aliphatic heterocycles. The van der Waals surface area contributed by atoms with Gasteiger partial charge in [-0.25, -0.2) is 12.8 Å². The number of benzene rings is 1. The van der Waals surface area contributed by atoms with E-state index in [2.05, 4.69) is 0 Å². The van der Waals surface area contributed by atoms with Gasteiger partial charge >= 0.3 is 0 Å². The fourth-order valence-electron chi connectivity index (χ4n) is 1.22. The Hall–Kier alpha value is -1.42. The van der Waals surface area contributed by atoms with Crippen molar-refractivity contribution < 1.29 is 12.8 Å². The number of nitriles is 1. The van der Waals surface area contributed by atoms with Crippen LogP contribution in [0.5, 0.6) is 0 Å². The molecule has 0 fully saturated rings. The average Bonchev–Trinajstić information content (AvgIpc) is 2.36. The summed E-state index contributed by atoms with van der Waals surface area (Å²) in [4.78, 5) is -0.00986. The van der Waals surface area contributed by atoms with Gasteiger partial charge in [0, 0.05) is 6.54 Å². The van der Waals surface area contributed by atoms with Gasteiger partial charge in [-0.15, -0.1) is 12.4 Å². The molecule has 0 atom stereocenters. The summed E-state index contributed by atoms with van der Waals surface area (Å²) in [5.74, 6) is -0.477. The zero-order valence-corrected chi connectivity index (χ0v) is 11.0. The summed E-state index contributed by atoms with van der Waals surface area (Å²) >= 11 is 0. The molecule has 0 saturated heterocycles. The number of sulfone groups is 1. The maximum atomic E-state index is 12.3. The lowest BCUT2D eigenvalue weighted by Gasteiger charge is -2.05. The summed E-state index contributed by atoms with van der Waals surface area (Å²) < 4.78 is 36.0. The zero-order valence-electron chi connectivity index (χ0n) is 9.34. The lowest BCUT2D eigenvalue weighted by molar-refractivity contribution is 0.596. The van der Waals surface area contributed by atoms with Crippen LogP contribution in [0.1, 0.15) is 5.56 Å². The van der Waals surface area contributed by atoms with Gasteiger partial charge in [0.25, 0.3) is 0 Å². The van der Waals surface area contributed by atoms with Gasteiger partial charge in [-0.3, -0.25) is 0 Å². The SMILES string of the molecule is Cl.N#Cc1cccc(S(=O)(=O)CC(=CF)CN)c1. The Morgan fingerprint density at radius 1 is 1.50 bits per heavy atom. The molecule has 0 radical (unpaired) electrons. The molecule has 1 rings (SSSR count). The molecule has 0 bridgehead atoms. The van der Waals surface area contributed by atoms with Crippen LogP contribution in [-0.2, 0) is 9.84 Å². The molecule has 7 heteroatoms. The first kappa shape index (κ1) is 16.6. The van der Waals surface area contributed by atoms with Crippen LogP contribution in [0.4, 0.5) is 4.39 Å². The van der Waals surface area contributed by atoms with Crippen LogP contribution in [0.15, 0.2) is 41.1 Å². The summed E-state index contributed by atoms with van der Waals surface area (Å²) in [5.41, 5.74) is 5.43. The summed E-state index contributed by atoms with van der Waals surface area (Å²) in [6.45, 7) is -0.159. The van der Waals surface area contributed by atoms with Gasteiger partial charge in [-0.2, -0.15) is 5.26 Å². The first-order valence-electron chi connectivity index (χ1n) is 4.74. The fraction of sp³-hybridized carbons (Fsp3) is 0.182. The normalized spacial score (nSPS) is 11.5. The quantitative estimate of drug-likeness (QED) is 0.912. The van der Waals surface area contributed by atoms with Gasteiger partial charge < -0.3 is 5.73 Å². The van der Waals surface area contributed by atoms with Crippen LogP contribution in [-0.4, -0.2) is 20.7 Å². The molecule has 0 amide bonds. The van der Waals surface area contributed by atoms with E-state index in [0.29, 0.717) is 0 Å². The van der Waals surface area contributed by atoms with Gasteiger partial charge in [0.05, 0.1) is 28.6 Å². The maximum Gasteiger partial charge on any atom is 0.182 e. The number of nitrogens with zero attached hydrogens (tertiary/aromatic N) is 1. The van der Waals surface area contributed by atoms with Crippen molar-refractivity contribution in [3.8, 4) is 6.07 Å². The van der Waals surface area contributed by atoms with Crippen LogP contribution in [0, 0.1) is 11.3 Å². The minimum Gasteiger partial charge on any atom is -0.327 e. The summed E-state index contributed by atoms with van der Waals surface area (Å²) in [6, 6.07) is 7.42. The Morgan fingerprint density at radius 2 is 2.17 bits per heavy atom. The maximum absolute atomic E-state index is 12.3. The first-order valence-corrected chi connectivity index (χ1v) is 6.40. The van der Waals surface area contributed by atoms with Crippen LogP contribution in [0.25, 0.3) is 0 Å². The largest absolute Gasteiger partial charge is 0.327 e. The van der Waals surface area contributed by atoms with Crippen molar-refractivity contribution in [3.63, 3.8) is 0 Å². The third-order valence-corrected chi connectivity index (χ3v) is 3.84. The second-order valence-corrected chi connectivity index (χ2v) is 5.36. The number of hydrogen-bond acceptors (Lipinski definition) is 4. The average molecular weight is 291 g/mol. The van der Waals surface area contributed by atoms with E-state index in [1.807, 2.05) is 6.07 Å². The number of nitrogens with two attached hydrogens (primary N) is 1. The standard InChI is InChI=1S/C11H11FN2O2S.ClH/c12-5-10(7-14)8-17(15,16)11-3-1-2-9(4-11)6-13;/h1-5H,7-8,14H2;1H. The van der Waals surface area contributed by atoms with E-state index in [1.165, 1.54) is 24.3 Å². The molecule has 0 spiro atoms. The van der Waals surface area contributed by atoms with E-state index < -0.39 is 15.6 Å². The van der Waals surface area contributed by atoms with Crippen LogP contribution in [0.2, 0.25) is 0 Å². The fourth-order valence-corrected chi connectivity index (χ4v) is 2.65. The van der Waals surface area contributed by atoms with E-state index in [4.69, 9.17) is 11.0 Å². The Morgan fingerprint density at radius 3 is 2.67 bits per heavy atom. The summed E-state index contributed by atoms with van der Waals surface area (Å²) in [6.07, 6.45) is 0.200. The number of rotatable bonds is 4. The third-order valence-electron chi connectivity index (χ3n) is 2.11. The molecule has 98 valence electrons. The highest BCUT2D eigenvalue weighted by Crippen LogP contribution is 2.15. The van der Waals surface area contributed by atoms with Crippen LogP contribution >= 0.6 is 12.4 Å². The van der Waals surface area contributed by atoms with Crippen molar-refractivity contribution in [2.24, 2.45) is 5.73 Å². The lowest BCUT2D eigenvalue weighted by Crippen LogP contribution is -2.15. The first-order chi connectivity index (χ1) is 8.03. The lowest BCUT2D eigenvalue weighted by atomic mass is 10.2. The minimum atomic E-state index is -3.66. The van der Waals surface area contributed by atoms with Crippen molar-refractivity contribution in [1.29, 1.82) is 5.26 Å². The monoisotopic (exact) mass is 290 g/mol. The molecule has 1 aromatic carbocycles. The van der Waals surface area contributed by atoms with Crippen molar-refractivity contribution in [2.75, 3.05) is 12.3 Å². The van der Waals surface area contributed by atoms with E-state index in [0.717, 1.165) is 0 Å². The minimum absolute atomic E-state index is 0. The Labute approximate surface area is 111 Å². The van der Waals surface area contributed by atoms with Gasteiger partial charge in [-0.1, -0.05) is 6.07 Å². The summed E-state index contributed by atoms with van der Waals surface area (Å²) in [5, 5.41) is 8.67. The molecule has 0 unspecified atom stereocenters. The van der Waals surface area contributed by atoms with Crippen LogP contribution < -0.4 is 5.73 Å². The molecule has 18 heavy (non-hydrogen) atoms. The van der Waals surface area contributed by atoms with E-state index in [9.17, 15) is 12.8 Å². The molecule has 4 nitrogen and oxygen atoms in total. The van der Waals surface area contributed by atoms with Crippen molar-refractivity contribution in [1.82, 2.24) is 0 Å². The highest BCUT2D eigenvalue weighted by atomic mass is 35.5. The number of hydrogen-bond donors (Lipinski definition) is 1. The van der Waals surface area contributed by atoms with Gasteiger partial charge in [0.1, 0.15) is 0 Å². The van der Waals surface area contributed by atoms with E-state index in [1.54, 1.807) is 0 Å². The molecule has 1 aromatic rings. The molecule has 0 aromatic heterocycles. The highest BCUT2D eigenvalue weighted by Gasteiger charge is 2.16. The molecule has 0 heterocycles. The van der Waals surface area contributed by atoms with Crippen molar-refractivity contribution >= 4 is 22.2 Å². The van der Waals surface area contributed by atoms with Crippen molar-refractivity contribution in [3.05, 3.63) is 41.7 Å². The third kappa shape index (κ3) is 4.11. The molecule has 0 saturated carbocycles. The smallest absolute Gasteiger partial charge is 0.182 e. The topological polar surface area (TPSA) is 84.0 Å². The predicted molar refractivity (Wildman–Crippen MR) is 68.7 cm³/mol. The highest BCUT2D eigenvalue weighted by molar-refractivity contribution is 7.91. The van der Waals surface area contributed by atoms with Gasteiger partial charge in [-0.05, 0) is 23.8 Å². The molecule has 2 N–H and O–H groups in total. The Balaban J connectivity index is 0.00000289. The molecular weight excluding hydrogens is 279 g/mol. The van der Waals surface area contributed by atoms with Gasteiger partial charge in [0.15, 0.2) is 9.84 Å². The molecule has 0 aliphatic rings. The predicted octanol–water partition coefficient (Wildman–Crippen LogP) is 1.57. The van der Waals surface area contributed by atoms with Gasteiger partial charge in [0.2, 0.25) is 0 Å². The van der Waals surface area contributed by atoms with E-state index >= 15 is 0 Å². The molecule has 0 aliphatic carbocycles. The summed E-state index contributed by atoms with van der Waals surface area (Å²) in [7, 11) is -3.66. The Kier molecular flexibility index (Phi) is 6.55. The second kappa shape index (κ2) is 7.11. The van der Waals surface area contributed by atoms with Crippen LogP contribution in [0.3, 0.4) is 0 Å². The molecular formula is C11H12ClFN2O2S. The van der Waals surface area contributed by atoms with Crippen molar-refractivity contribution in [2.45, 2.75) is 4.90 Å². The zero-order chi connectivity index (χ0) is 12.9.